The Morgan fingerprint density at radius 1 is 1.12 bits per heavy atom. The van der Waals surface area contributed by atoms with Crippen LogP contribution in [0, 0.1) is 5.82 Å². The summed E-state index contributed by atoms with van der Waals surface area (Å²) in [6.07, 6.45) is 1.79. The third-order valence-electron chi connectivity index (χ3n) is 4.25. The zero-order valence-electron chi connectivity index (χ0n) is 14.1. The molecule has 2 aromatic carbocycles. The standard InChI is InChI=1S/C18H20FN3O3S/c19-14-5-9-17(10-6-14)26(24,25)21-16-7-3-13(4-8-16)18(23)22-11-1-2-15(20)12-22/h3-10,15,21H,1-2,11-12,20H2. The molecule has 1 amide bonds. The summed E-state index contributed by atoms with van der Waals surface area (Å²) in [6.45, 7) is 1.20. The van der Waals surface area contributed by atoms with Crippen molar-refractivity contribution in [2.75, 3.05) is 17.8 Å². The molecule has 1 fully saturated rings. The molecule has 0 bridgehead atoms. The van der Waals surface area contributed by atoms with Crippen LogP contribution in [-0.2, 0) is 10.0 Å². The number of halogens is 1. The number of hydrogen-bond donors (Lipinski definition) is 2. The van der Waals surface area contributed by atoms with Crippen LogP contribution in [0.1, 0.15) is 23.2 Å². The first-order chi connectivity index (χ1) is 12.3. The van der Waals surface area contributed by atoms with Crippen LogP contribution in [0.3, 0.4) is 0 Å². The maximum atomic E-state index is 12.9. The normalized spacial score (nSPS) is 17.8. The molecular weight excluding hydrogens is 357 g/mol. The van der Waals surface area contributed by atoms with Crippen molar-refractivity contribution in [3.63, 3.8) is 0 Å². The van der Waals surface area contributed by atoms with E-state index >= 15 is 0 Å². The minimum absolute atomic E-state index is 0.00510. The second kappa shape index (κ2) is 7.43. The van der Waals surface area contributed by atoms with E-state index < -0.39 is 15.8 Å². The summed E-state index contributed by atoms with van der Waals surface area (Å²) >= 11 is 0. The molecule has 0 saturated carbocycles. The minimum atomic E-state index is -3.82. The topological polar surface area (TPSA) is 92.5 Å². The molecule has 1 aliphatic rings. The average Bonchev–Trinajstić information content (AvgIpc) is 2.62. The second-order valence-corrected chi connectivity index (χ2v) is 7.97. The van der Waals surface area contributed by atoms with E-state index in [2.05, 4.69) is 4.72 Å². The maximum Gasteiger partial charge on any atom is 0.261 e. The number of likely N-dealkylation sites (tertiary alicyclic amines) is 1. The summed E-state index contributed by atoms with van der Waals surface area (Å²) in [5.41, 5.74) is 6.70. The number of rotatable bonds is 4. The molecule has 1 saturated heterocycles. The van der Waals surface area contributed by atoms with Crippen molar-refractivity contribution in [3.05, 3.63) is 59.9 Å². The number of carbonyl (C=O) groups excluding carboxylic acids is 1. The highest BCUT2D eigenvalue weighted by Gasteiger charge is 2.22. The number of hydrogen-bond acceptors (Lipinski definition) is 4. The summed E-state index contributed by atoms with van der Waals surface area (Å²) in [5, 5.41) is 0. The van der Waals surface area contributed by atoms with Gasteiger partial charge in [-0.3, -0.25) is 9.52 Å². The van der Waals surface area contributed by atoms with E-state index in [-0.39, 0.29) is 16.8 Å². The maximum absolute atomic E-state index is 12.9. The number of nitrogens with two attached hydrogens (primary N) is 1. The first kappa shape index (κ1) is 18.3. The lowest BCUT2D eigenvalue weighted by Gasteiger charge is -2.30. The number of benzene rings is 2. The lowest BCUT2D eigenvalue weighted by Crippen LogP contribution is -2.45. The van der Waals surface area contributed by atoms with Crippen LogP contribution in [0.2, 0.25) is 0 Å². The van der Waals surface area contributed by atoms with E-state index in [0.717, 1.165) is 25.0 Å². The van der Waals surface area contributed by atoms with Gasteiger partial charge in [0.05, 0.1) is 4.90 Å². The lowest BCUT2D eigenvalue weighted by atomic mass is 10.1. The van der Waals surface area contributed by atoms with Crippen LogP contribution in [0.5, 0.6) is 0 Å². The van der Waals surface area contributed by atoms with Crippen LogP contribution in [0.4, 0.5) is 10.1 Å². The Morgan fingerprint density at radius 3 is 2.38 bits per heavy atom. The molecule has 2 aromatic rings. The van der Waals surface area contributed by atoms with Crippen molar-refractivity contribution >= 4 is 21.6 Å². The van der Waals surface area contributed by atoms with Crippen molar-refractivity contribution in [1.29, 1.82) is 0 Å². The molecule has 1 aliphatic heterocycles. The molecule has 0 radical (unpaired) electrons. The largest absolute Gasteiger partial charge is 0.337 e. The summed E-state index contributed by atoms with van der Waals surface area (Å²) in [4.78, 5) is 14.2. The Hall–Kier alpha value is -2.45. The SMILES string of the molecule is NC1CCCN(C(=O)c2ccc(NS(=O)(=O)c3ccc(F)cc3)cc2)C1. The van der Waals surface area contributed by atoms with Gasteiger partial charge >= 0.3 is 0 Å². The molecule has 6 nitrogen and oxygen atoms in total. The first-order valence-corrected chi connectivity index (χ1v) is 9.77. The highest BCUT2D eigenvalue weighted by Crippen LogP contribution is 2.19. The van der Waals surface area contributed by atoms with Gasteiger partial charge in [-0.25, -0.2) is 12.8 Å². The Balaban J connectivity index is 1.71. The monoisotopic (exact) mass is 377 g/mol. The van der Waals surface area contributed by atoms with Gasteiger partial charge in [-0.05, 0) is 61.4 Å². The van der Waals surface area contributed by atoms with Crippen LogP contribution in [-0.4, -0.2) is 38.4 Å². The van der Waals surface area contributed by atoms with Gasteiger partial charge in [0.1, 0.15) is 5.82 Å². The summed E-state index contributed by atoms with van der Waals surface area (Å²) in [7, 11) is -3.82. The summed E-state index contributed by atoms with van der Waals surface area (Å²) in [5.74, 6) is -0.627. The number of nitrogens with one attached hydrogen (secondary N) is 1. The van der Waals surface area contributed by atoms with E-state index in [4.69, 9.17) is 5.73 Å². The molecule has 8 heteroatoms. The van der Waals surface area contributed by atoms with Gasteiger partial charge in [-0.15, -0.1) is 0 Å². The van der Waals surface area contributed by atoms with Crippen LogP contribution < -0.4 is 10.5 Å². The van der Waals surface area contributed by atoms with Gasteiger partial charge in [0, 0.05) is 30.4 Å². The molecule has 0 aromatic heterocycles. The summed E-state index contributed by atoms with van der Waals surface area (Å²) < 4.78 is 39.9. The van der Waals surface area contributed by atoms with E-state index in [1.807, 2.05) is 0 Å². The van der Waals surface area contributed by atoms with Crippen molar-refractivity contribution < 1.29 is 17.6 Å². The van der Waals surface area contributed by atoms with Crippen LogP contribution >= 0.6 is 0 Å². The molecule has 1 unspecified atom stereocenters. The smallest absolute Gasteiger partial charge is 0.261 e. The highest BCUT2D eigenvalue weighted by atomic mass is 32.2. The summed E-state index contributed by atoms with van der Waals surface area (Å²) in [6, 6.07) is 10.7. The van der Waals surface area contributed by atoms with Crippen molar-refractivity contribution in [3.8, 4) is 0 Å². The average molecular weight is 377 g/mol. The van der Waals surface area contributed by atoms with Crippen molar-refractivity contribution in [2.24, 2.45) is 5.73 Å². The molecule has 3 rings (SSSR count). The van der Waals surface area contributed by atoms with Gasteiger partial charge in [-0.2, -0.15) is 0 Å². The lowest BCUT2D eigenvalue weighted by molar-refractivity contribution is 0.0709. The van der Waals surface area contributed by atoms with Gasteiger partial charge in [0.15, 0.2) is 0 Å². The number of carbonyl (C=O) groups is 1. The molecule has 1 heterocycles. The van der Waals surface area contributed by atoms with Crippen molar-refractivity contribution in [2.45, 2.75) is 23.8 Å². The minimum Gasteiger partial charge on any atom is -0.337 e. The van der Waals surface area contributed by atoms with Crippen LogP contribution in [0.25, 0.3) is 0 Å². The quantitative estimate of drug-likeness (QED) is 0.854. The third-order valence-corrected chi connectivity index (χ3v) is 5.65. The molecule has 138 valence electrons. The second-order valence-electron chi connectivity index (χ2n) is 6.29. The fraction of sp³-hybridized carbons (Fsp3) is 0.278. The van der Waals surface area contributed by atoms with Crippen molar-refractivity contribution in [1.82, 2.24) is 4.90 Å². The Bertz CT molecular complexity index is 883. The number of nitrogens with zero attached hydrogens (tertiary/aromatic N) is 1. The number of anilines is 1. The van der Waals surface area contributed by atoms with E-state index in [1.54, 1.807) is 17.0 Å². The first-order valence-electron chi connectivity index (χ1n) is 8.28. The van der Waals surface area contributed by atoms with Gasteiger partial charge < -0.3 is 10.6 Å². The predicted octanol–water partition coefficient (Wildman–Crippen LogP) is 2.19. The molecular formula is C18H20FN3O3S. The molecule has 26 heavy (non-hydrogen) atoms. The zero-order chi connectivity index (χ0) is 18.7. The van der Waals surface area contributed by atoms with Gasteiger partial charge in [0.25, 0.3) is 15.9 Å². The highest BCUT2D eigenvalue weighted by molar-refractivity contribution is 7.92. The van der Waals surface area contributed by atoms with E-state index in [1.165, 1.54) is 24.3 Å². The Kier molecular flexibility index (Phi) is 5.24. The Labute approximate surface area is 151 Å². The fourth-order valence-electron chi connectivity index (χ4n) is 2.89. The number of amides is 1. The fourth-order valence-corrected chi connectivity index (χ4v) is 3.94. The Morgan fingerprint density at radius 2 is 1.77 bits per heavy atom. The molecule has 1 atom stereocenters. The number of sulfonamides is 1. The molecule has 0 spiro atoms. The zero-order valence-corrected chi connectivity index (χ0v) is 14.9. The van der Waals surface area contributed by atoms with Crippen LogP contribution in [0.15, 0.2) is 53.4 Å². The van der Waals surface area contributed by atoms with Gasteiger partial charge in [0.2, 0.25) is 0 Å². The van der Waals surface area contributed by atoms with Gasteiger partial charge in [-0.1, -0.05) is 0 Å². The van der Waals surface area contributed by atoms with E-state index in [0.29, 0.717) is 24.3 Å². The third kappa shape index (κ3) is 4.20. The molecule has 0 aliphatic carbocycles. The van der Waals surface area contributed by atoms with E-state index in [9.17, 15) is 17.6 Å². The number of piperidine rings is 1. The predicted molar refractivity (Wildman–Crippen MR) is 96.8 cm³/mol. The molecule has 3 N–H and O–H groups in total.